The first kappa shape index (κ1) is 17.5. The monoisotopic (exact) mass is 330 g/mol. The van der Waals surface area contributed by atoms with E-state index in [-0.39, 0.29) is 4.75 Å². The Kier molecular flexibility index (Phi) is 7.41. The van der Waals surface area contributed by atoms with Crippen LogP contribution >= 0.6 is 23.5 Å². The minimum Gasteiger partial charge on any atom is -0.161 e. The summed E-state index contributed by atoms with van der Waals surface area (Å²) in [6.07, 6.45) is 2.63. The number of hydrogen-bond acceptors (Lipinski definition) is 2. The number of unbranched alkanes of at least 4 members (excludes halogenated alkanes) is 1. The van der Waals surface area contributed by atoms with Gasteiger partial charge in [0.15, 0.2) is 0 Å². The van der Waals surface area contributed by atoms with Gasteiger partial charge in [-0.3, -0.25) is 0 Å². The van der Waals surface area contributed by atoms with Crippen LogP contribution in [-0.4, -0.2) is 17.3 Å². The van der Waals surface area contributed by atoms with Crippen molar-refractivity contribution in [2.24, 2.45) is 0 Å². The summed E-state index contributed by atoms with van der Waals surface area (Å²) < 4.78 is 0.0356. The van der Waals surface area contributed by atoms with Gasteiger partial charge < -0.3 is 0 Å². The van der Waals surface area contributed by atoms with E-state index in [0.29, 0.717) is 0 Å². The normalized spacial score (nSPS) is 11.5. The van der Waals surface area contributed by atoms with Crippen molar-refractivity contribution in [3.63, 3.8) is 0 Å². The Hall–Kier alpha value is -0.860. The van der Waals surface area contributed by atoms with E-state index in [9.17, 15) is 0 Å². The number of thioether (sulfide) groups is 2. The van der Waals surface area contributed by atoms with Gasteiger partial charge in [0.1, 0.15) is 0 Å². The van der Waals surface area contributed by atoms with Crippen LogP contribution in [0, 0.1) is 0 Å². The summed E-state index contributed by atoms with van der Waals surface area (Å²) in [6, 6.07) is 21.8. The molecule has 0 bridgehead atoms. The Labute approximate surface area is 144 Å². The van der Waals surface area contributed by atoms with E-state index in [1.54, 1.807) is 0 Å². The molecule has 0 aliphatic carbocycles. The molecule has 0 heterocycles. The highest BCUT2D eigenvalue weighted by Crippen LogP contribution is 2.42. The summed E-state index contributed by atoms with van der Waals surface area (Å²) >= 11 is 4.16. The predicted octanol–water partition coefficient (Wildman–Crippen LogP) is 6.22. The van der Waals surface area contributed by atoms with Crippen LogP contribution in [0.4, 0.5) is 0 Å². The summed E-state index contributed by atoms with van der Waals surface area (Å²) in [4.78, 5) is 0. The summed E-state index contributed by atoms with van der Waals surface area (Å²) in [5, 5.41) is 0. The SMILES string of the molecule is CCCCSCCSC(C)(c1ccccc1)c1ccccc1. The Morgan fingerprint density at radius 3 is 1.82 bits per heavy atom. The molecule has 0 fully saturated rings. The second-order valence-corrected chi connectivity index (χ2v) is 8.32. The predicted molar refractivity (Wildman–Crippen MR) is 104 cm³/mol. The Bertz CT molecular complexity index is 482. The molecule has 2 heteroatoms. The molecule has 0 aliphatic heterocycles. The average Bonchev–Trinajstić information content (AvgIpc) is 2.59. The molecule has 0 aliphatic rings. The van der Waals surface area contributed by atoms with E-state index < -0.39 is 0 Å². The largest absolute Gasteiger partial charge is 0.161 e. The van der Waals surface area contributed by atoms with Gasteiger partial charge in [0.05, 0.1) is 4.75 Å². The number of rotatable bonds is 9. The molecule has 0 aromatic heterocycles. The highest BCUT2D eigenvalue weighted by Gasteiger charge is 2.28. The molecule has 0 radical (unpaired) electrons. The van der Waals surface area contributed by atoms with Crippen LogP contribution in [0.15, 0.2) is 60.7 Å². The van der Waals surface area contributed by atoms with Crippen LogP contribution in [0.2, 0.25) is 0 Å². The van der Waals surface area contributed by atoms with Gasteiger partial charge >= 0.3 is 0 Å². The lowest BCUT2D eigenvalue weighted by Crippen LogP contribution is -2.20. The molecule has 2 aromatic rings. The molecule has 2 rings (SSSR count). The number of hydrogen-bond donors (Lipinski definition) is 0. The van der Waals surface area contributed by atoms with E-state index in [4.69, 9.17) is 0 Å². The molecule has 22 heavy (non-hydrogen) atoms. The maximum Gasteiger partial charge on any atom is 0.0629 e. The molecule has 0 saturated carbocycles. The molecule has 0 amide bonds. The molecule has 0 N–H and O–H groups in total. The van der Waals surface area contributed by atoms with Crippen LogP contribution in [0.1, 0.15) is 37.8 Å². The van der Waals surface area contributed by atoms with Crippen molar-refractivity contribution in [1.82, 2.24) is 0 Å². The molecular weight excluding hydrogens is 304 g/mol. The minimum atomic E-state index is 0.0356. The zero-order chi connectivity index (χ0) is 15.7. The lowest BCUT2D eigenvalue weighted by atomic mass is 9.92. The lowest BCUT2D eigenvalue weighted by Gasteiger charge is -2.30. The second kappa shape index (κ2) is 9.32. The van der Waals surface area contributed by atoms with Crippen molar-refractivity contribution in [2.45, 2.75) is 31.4 Å². The lowest BCUT2D eigenvalue weighted by molar-refractivity contribution is 0.839. The maximum atomic E-state index is 2.36. The van der Waals surface area contributed by atoms with Gasteiger partial charge in [0, 0.05) is 11.5 Å². The first-order valence-corrected chi connectivity index (χ1v) is 10.2. The third kappa shape index (κ3) is 4.82. The van der Waals surface area contributed by atoms with Crippen molar-refractivity contribution in [3.8, 4) is 0 Å². The fraction of sp³-hybridized carbons (Fsp3) is 0.400. The van der Waals surface area contributed by atoms with Gasteiger partial charge in [-0.15, -0.1) is 11.8 Å². The third-order valence-corrected chi connectivity index (χ3v) is 6.70. The van der Waals surface area contributed by atoms with Crippen LogP contribution in [0.25, 0.3) is 0 Å². The van der Waals surface area contributed by atoms with Gasteiger partial charge in [-0.05, 0) is 30.2 Å². The molecule has 0 spiro atoms. The molecule has 0 nitrogen and oxygen atoms in total. The van der Waals surface area contributed by atoms with E-state index in [2.05, 4.69) is 98.0 Å². The molecular formula is C20H26S2. The van der Waals surface area contributed by atoms with Crippen molar-refractivity contribution >= 4 is 23.5 Å². The summed E-state index contributed by atoms with van der Waals surface area (Å²) in [5.74, 6) is 3.72. The zero-order valence-corrected chi connectivity index (χ0v) is 15.3. The summed E-state index contributed by atoms with van der Waals surface area (Å²) in [7, 11) is 0. The van der Waals surface area contributed by atoms with Crippen molar-refractivity contribution in [1.29, 1.82) is 0 Å². The van der Waals surface area contributed by atoms with Gasteiger partial charge in [-0.1, -0.05) is 74.0 Å². The van der Waals surface area contributed by atoms with E-state index in [1.807, 2.05) is 0 Å². The van der Waals surface area contributed by atoms with Crippen LogP contribution < -0.4 is 0 Å². The first-order chi connectivity index (χ1) is 10.8. The minimum absolute atomic E-state index is 0.0356. The summed E-state index contributed by atoms with van der Waals surface area (Å²) in [5.41, 5.74) is 2.79. The van der Waals surface area contributed by atoms with Crippen molar-refractivity contribution in [3.05, 3.63) is 71.8 Å². The smallest absolute Gasteiger partial charge is 0.0629 e. The molecule has 2 aromatic carbocycles. The highest BCUT2D eigenvalue weighted by atomic mass is 32.2. The third-order valence-electron chi connectivity index (χ3n) is 3.91. The Morgan fingerprint density at radius 2 is 1.32 bits per heavy atom. The van der Waals surface area contributed by atoms with Crippen LogP contribution in [0.3, 0.4) is 0 Å². The quantitative estimate of drug-likeness (QED) is 0.501. The fourth-order valence-electron chi connectivity index (χ4n) is 2.50. The molecule has 118 valence electrons. The van der Waals surface area contributed by atoms with Crippen molar-refractivity contribution in [2.75, 3.05) is 17.3 Å². The maximum absolute atomic E-state index is 2.36. The molecule has 0 saturated heterocycles. The standard InChI is InChI=1S/C20H26S2/c1-3-4-15-21-16-17-22-20(2,18-11-7-5-8-12-18)19-13-9-6-10-14-19/h5-14H,3-4,15-17H2,1-2H3. The van der Waals surface area contributed by atoms with Crippen LogP contribution in [0.5, 0.6) is 0 Å². The Morgan fingerprint density at radius 1 is 0.773 bits per heavy atom. The summed E-state index contributed by atoms with van der Waals surface area (Å²) in [6.45, 7) is 4.62. The van der Waals surface area contributed by atoms with Gasteiger partial charge in [0.25, 0.3) is 0 Å². The van der Waals surface area contributed by atoms with E-state index >= 15 is 0 Å². The van der Waals surface area contributed by atoms with Gasteiger partial charge in [0.2, 0.25) is 0 Å². The Balaban J connectivity index is 2.07. The molecule has 0 atom stereocenters. The zero-order valence-electron chi connectivity index (χ0n) is 13.6. The fourth-order valence-corrected chi connectivity index (χ4v) is 5.01. The second-order valence-electron chi connectivity index (χ2n) is 5.58. The molecule has 0 unspecified atom stereocenters. The highest BCUT2D eigenvalue weighted by molar-refractivity contribution is 8.03. The van der Waals surface area contributed by atoms with Crippen LogP contribution in [-0.2, 0) is 4.75 Å². The average molecular weight is 331 g/mol. The van der Waals surface area contributed by atoms with E-state index in [0.717, 1.165) is 0 Å². The van der Waals surface area contributed by atoms with Crippen molar-refractivity contribution < 1.29 is 0 Å². The van der Waals surface area contributed by atoms with Gasteiger partial charge in [-0.2, -0.15) is 11.8 Å². The first-order valence-electron chi connectivity index (χ1n) is 8.10. The topological polar surface area (TPSA) is 0 Å². The van der Waals surface area contributed by atoms with E-state index in [1.165, 1.54) is 41.2 Å². The van der Waals surface area contributed by atoms with Gasteiger partial charge in [-0.25, -0.2) is 0 Å². The number of benzene rings is 2.